The number of rotatable bonds is 12. The number of allylic oxidation sites excluding steroid dienone is 1. The first-order valence-electron chi connectivity index (χ1n) is 17.2. The lowest BCUT2D eigenvalue weighted by Crippen LogP contribution is -2.68. The van der Waals surface area contributed by atoms with E-state index in [1.807, 2.05) is 42.7 Å². The lowest BCUT2D eigenvalue weighted by atomic mass is 9.60. The highest BCUT2D eigenvalue weighted by molar-refractivity contribution is 8.22. The molecule has 8 heteroatoms. The van der Waals surface area contributed by atoms with Crippen LogP contribution in [0.4, 0.5) is 0 Å². The predicted molar refractivity (Wildman–Crippen MR) is 209 cm³/mol. The van der Waals surface area contributed by atoms with Crippen LogP contribution in [0, 0.1) is 11.3 Å². The molecule has 0 amide bonds. The molecule has 0 aromatic heterocycles. The molecule has 0 saturated heterocycles. The van der Waals surface area contributed by atoms with E-state index in [0.717, 1.165) is 52.9 Å². The van der Waals surface area contributed by atoms with E-state index in [4.69, 9.17) is 35.3 Å². The van der Waals surface area contributed by atoms with Gasteiger partial charge in [-0.15, -0.1) is 0 Å². The highest BCUT2D eigenvalue weighted by Gasteiger charge is 2.53. The molecule has 0 N–H and O–H groups in total. The summed E-state index contributed by atoms with van der Waals surface area (Å²) >= 11 is 7.16. The molecule has 0 bridgehead atoms. The summed E-state index contributed by atoms with van der Waals surface area (Å²) in [5, 5.41) is 2.16. The second-order valence-corrected chi connectivity index (χ2v) is 18.8. The zero-order chi connectivity index (χ0) is 35.2. The van der Waals surface area contributed by atoms with Gasteiger partial charge in [0.2, 0.25) is 4.38 Å². The number of thioether (sulfide) groups is 1. The average molecular weight is 717 g/mol. The molecule has 4 atom stereocenters. The van der Waals surface area contributed by atoms with Crippen molar-refractivity contribution in [2.75, 3.05) is 20.0 Å². The summed E-state index contributed by atoms with van der Waals surface area (Å²) in [6.07, 6.45) is 5.21. The normalized spacial score (nSPS) is 22.7. The summed E-state index contributed by atoms with van der Waals surface area (Å²) in [7, 11) is -1.58. The quantitative estimate of drug-likeness (QED) is 0.106. The van der Waals surface area contributed by atoms with E-state index < -0.39 is 14.2 Å². The van der Waals surface area contributed by atoms with E-state index in [1.54, 1.807) is 7.11 Å². The van der Waals surface area contributed by atoms with Crippen LogP contribution >= 0.6 is 24.0 Å². The minimum atomic E-state index is -3.26. The third-order valence-electron chi connectivity index (χ3n) is 9.87. The van der Waals surface area contributed by atoms with Crippen molar-refractivity contribution in [3.8, 4) is 5.75 Å². The van der Waals surface area contributed by atoms with Gasteiger partial charge in [0.25, 0.3) is 0 Å². The van der Waals surface area contributed by atoms with Crippen molar-refractivity contribution < 1.29 is 23.1 Å². The Labute approximate surface area is 304 Å². The van der Waals surface area contributed by atoms with Crippen molar-refractivity contribution in [2.45, 2.75) is 84.7 Å². The van der Waals surface area contributed by atoms with Crippen molar-refractivity contribution in [3.63, 3.8) is 0 Å². The van der Waals surface area contributed by atoms with Crippen LogP contribution in [0.1, 0.15) is 65.9 Å². The lowest BCUT2D eigenvalue weighted by molar-refractivity contribution is -0.0153. The molecule has 49 heavy (non-hydrogen) atoms. The summed E-state index contributed by atoms with van der Waals surface area (Å²) in [6.45, 7) is 16.6. The number of methoxy groups -OCH3 is 1. The van der Waals surface area contributed by atoms with Gasteiger partial charge in [-0.3, -0.25) is 0 Å². The molecule has 0 heterocycles. The molecule has 1 unspecified atom stereocenters. The molecular formula is C41H52O5S2Si. The Morgan fingerprint density at radius 3 is 2.14 bits per heavy atom. The van der Waals surface area contributed by atoms with Crippen LogP contribution in [-0.2, 0) is 24.9 Å². The first kappa shape index (κ1) is 37.5. The molecule has 262 valence electrons. The fourth-order valence-electron chi connectivity index (χ4n) is 7.41. The summed E-state index contributed by atoms with van der Waals surface area (Å²) < 4.78 is 33.4. The number of fused-ring (bicyclic) bond motifs is 1. The van der Waals surface area contributed by atoms with Gasteiger partial charge in [-0.25, -0.2) is 0 Å². The third kappa shape index (κ3) is 8.96. The monoisotopic (exact) mass is 716 g/mol. The van der Waals surface area contributed by atoms with Gasteiger partial charge in [-0.1, -0.05) is 104 Å². The molecule has 5 rings (SSSR count). The van der Waals surface area contributed by atoms with Crippen LogP contribution in [0.5, 0.6) is 5.75 Å². The number of benzene rings is 3. The Kier molecular flexibility index (Phi) is 12.3. The van der Waals surface area contributed by atoms with E-state index in [1.165, 1.54) is 22.9 Å². The Morgan fingerprint density at radius 1 is 0.980 bits per heavy atom. The Bertz CT molecular complexity index is 1560. The number of hydrogen-bond acceptors (Lipinski definition) is 7. The zero-order valence-electron chi connectivity index (χ0n) is 30.1. The molecule has 1 fully saturated rings. The standard InChI is InChI=1S/C41H52O5S2Si/c1-29(27-43-28-31-19-21-33(42-7)22-20-31)32-23-24-41(6)26-37(38(44-39(47)48-8)30(2)36(41)25-32)45-49(46-40(3,4)5,34-15-11-9-12-16-34)35-17-13-10-14-18-35/h9-22,32,37-38H,1,23-28H2,2-8H3/t32-,37+,38?,41-/m1/s1. The second kappa shape index (κ2) is 16.1. The van der Waals surface area contributed by atoms with Crippen LogP contribution < -0.4 is 15.1 Å². The van der Waals surface area contributed by atoms with Crippen molar-refractivity contribution in [3.05, 3.63) is 114 Å². The molecule has 0 radical (unpaired) electrons. The molecule has 1 saturated carbocycles. The molecule has 3 aromatic rings. The fraction of sp³-hybridized carbons (Fsp3) is 0.439. The Morgan fingerprint density at radius 2 is 1.59 bits per heavy atom. The summed E-state index contributed by atoms with van der Waals surface area (Å²) in [5.74, 6) is 1.18. The number of thiocarbonyl (C=S) groups is 1. The summed E-state index contributed by atoms with van der Waals surface area (Å²) in [5.41, 5.74) is 4.41. The van der Waals surface area contributed by atoms with Crippen LogP contribution in [-0.4, -0.2) is 50.7 Å². The fourth-order valence-corrected chi connectivity index (χ4v) is 11.4. The molecule has 0 spiro atoms. The Hall–Kier alpha value is -2.72. The highest BCUT2D eigenvalue weighted by atomic mass is 32.2. The highest BCUT2D eigenvalue weighted by Crippen LogP contribution is 2.53. The van der Waals surface area contributed by atoms with Gasteiger partial charge in [0.1, 0.15) is 11.9 Å². The second-order valence-electron chi connectivity index (χ2n) is 14.6. The molecule has 5 nitrogen and oxygen atoms in total. The van der Waals surface area contributed by atoms with Gasteiger partial charge < -0.3 is 23.1 Å². The van der Waals surface area contributed by atoms with E-state index >= 15 is 0 Å². The van der Waals surface area contributed by atoms with Crippen molar-refractivity contribution in [1.82, 2.24) is 0 Å². The van der Waals surface area contributed by atoms with Crippen molar-refractivity contribution in [1.29, 1.82) is 0 Å². The smallest absolute Gasteiger partial charge is 0.407 e. The molecule has 3 aromatic carbocycles. The van der Waals surface area contributed by atoms with Crippen molar-refractivity contribution in [2.24, 2.45) is 11.3 Å². The van der Waals surface area contributed by atoms with Crippen molar-refractivity contribution >= 4 is 47.3 Å². The zero-order valence-corrected chi connectivity index (χ0v) is 32.8. The summed E-state index contributed by atoms with van der Waals surface area (Å²) in [4.78, 5) is 0. The van der Waals surface area contributed by atoms with Crippen LogP contribution in [0.3, 0.4) is 0 Å². The van der Waals surface area contributed by atoms with Gasteiger partial charge in [-0.05, 0) is 122 Å². The van der Waals surface area contributed by atoms with Crippen LogP contribution in [0.15, 0.2) is 108 Å². The minimum Gasteiger partial charge on any atom is -0.497 e. The average Bonchev–Trinajstić information content (AvgIpc) is 3.09. The molecule has 2 aliphatic rings. The van der Waals surface area contributed by atoms with Crippen LogP contribution in [0.25, 0.3) is 0 Å². The third-order valence-corrected chi connectivity index (χ3v) is 14.6. The first-order valence-corrected chi connectivity index (χ1v) is 20.6. The maximum atomic E-state index is 7.60. The first-order chi connectivity index (χ1) is 23.4. The maximum Gasteiger partial charge on any atom is 0.407 e. The van der Waals surface area contributed by atoms with E-state index in [0.29, 0.717) is 23.5 Å². The molecule has 0 aliphatic heterocycles. The number of hydrogen-bond donors (Lipinski definition) is 0. The van der Waals surface area contributed by atoms with Crippen LogP contribution in [0.2, 0.25) is 0 Å². The minimum absolute atomic E-state index is 0.0500. The topological polar surface area (TPSA) is 46.2 Å². The van der Waals surface area contributed by atoms with Gasteiger partial charge in [0.05, 0.1) is 32.0 Å². The van der Waals surface area contributed by atoms with Gasteiger partial charge in [0.15, 0.2) is 0 Å². The van der Waals surface area contributed by atoms with E-state index in [2.05, 4.69) is 89.7 Å². The predicted octanol–water partition coefficient (Wildman–Crippen LogP) is 8.78. The van der Waals surface area contributed by atoms with Gasteiger partial charge in [0, 0.05) is 0 Å². The van der Waals surface area contributed by atoms with E-state index in [9.17, 15) is 0 Å². The largest absolute Gasteiger partial charge is 0.497 e. The number of ether oxygens (including phenoxy) is 3. The lowest BCUT2D eigenvalue weighted by Gasteiger charge is -2.51. The van der Waals surface area contributed by atoms with Gasteiger partial charge >= 0.3 is 8.56 Å². The molecule has 2 aliphatic carbocycles. The van der Waals surface area contributed by atoms with E-state index in [-0.39, 0.29) is 17.6 Å². The maximum absolute atomic E-state index is 7.60. The summed E-state index contributed by atoms with van der Waals surface area (Å²) in [6, 6.07) is 29.0. The Balaban J connectivity index is 1.45. The SMILES string of the molecule is C=C(COCc1ccc(OC)cc1)[C@@H]1CC[C@]2(C)C[C@H](O[Si](OC(C)(C)C)(c3ccccc3)c3ccccc3)C(OC(=S)SC)C(C)=C2C1. The van der Waals surface area contributed by atoms with Gasteiger partial charge in [-0.2, -0.15) is 0 Å². The molecular weight excluding hydrogens is 665 g/mol.